The zero-order valence-electron chi connectivity index (χ0n) is 6.41. The second-order valence-corrected chi connectivity index (χ2v) is 6.40. The predicted octanol–water partition coefficient (Wildman–Crippen LogP) is 3.61. The first-order valence-electron chi connectivity index (χ1n) is 3.32. The molecule has 0 unspecified atom stereocenters. The molecule has 0 amide bonds. The molecule has 1 N–H and O–H groups in total. The van der Waals surface area contributed by atoms with E-state index in [2.05, 4.69) is 4.52 Å². The Morgan fingerprint density at radius 3 is 2.31 bits per heavy atom. The molecular formula is C7H6Cl2NO2P. The zero-order valence-corrected chi connectivity index (χ0v) is 8.81. The van der Waals surface area contributed by atoms with Gasteiger partial charge < -0.3 is 4.52 Å². The van der Waals surface area contributed by atoms with Gasteiger partial charge in [-0.05, 0) is 12.1 Å². The van der Waals surface area contributed by atoms with E-state index in [1.165, 1.54) is 0 Å². The molecule has 0 radical (unpaired) electrons. The fourth-order valence-corrected chi connectivity index (χ4v) is 1.48. The van der Waals surface area contributed by atoms with E-state index in [9.17, 15) is 4.57 Å². The first-order valence-corrected chi connectivity index (χ1v) is 6.75. The van der Waals surface area contributed by atoms with Crippen molar-refractivity contribution < 1.29 is 9.09 Å². The molecule has 0 bridgehead atoms. The predicted molar refractivity (Wildman–Crippen MR) is 53.7 cm³/mol. The molecule has 0 saturated carbocycles. The number of hydrogen-bond donors (Lipinski definition) is 1. The molecule has 13 heavy (non-hydrogen) atoms. The maximum atomic E-state index is 10.8. The second kappa shape index (κ2) is 4.14. The van der Waals surface area contributed by atoms with Gasteiger partial charge in [0.05, 0.1) is 0 Å². The third-order valence-electron chi connectivity index (χ3n) is 1.23. The SMILES string of the molecule is N=C(OP(=O)(Cl)Cl)c1ccccc1. The molecule has 1 aromatic rings. The monoisotopic (exact) mass is 237 g/mol. The number of hydrogen-bond acceptors (Lipinski definition) is 3. The molecule has 0 spiro atoms. The summed E-state index contributed by atoms with van der Waals surface area (Å²) in [4.78, 5) is 0. The van der Waals surface area contributed by atoms with Crippen LogP contribution < -0.4 is 0 Å². The first-order chi connectivity index (χ1) is 5.99. The maximum absolute atomic E-state index is 10.8. The second-order valence-electron chi connectivity index (χ2n) is 2.20. The Labute approximate surface area is 85.2 Å². The highest BCUT2D eigenvalue weighted by Gasteiger charge is 2.18. The summed E-state index contributed by atoms with van der Waals surface area (Å²) in [7, 11) is 0. The van der Waals surface area contributed by atoms with Crippen molar-refractivity contribution in [1.82, 2.24) is 0 Å². The molecule has 0 atom stereocenters. The Morgan fingerprint density at radius 2 is 1.85 bits per heavy atom. The minimum absolute atomic E-state index is 0.297. The number of rotatable bonds is 2. The Morgan fingerprint density at radius 1 is 1.31 bits per heavy atom. The highest BCUT2D eigenvalue weighted by atomic mass is 35.9. The summed E-state index contributed by atoms with van der Waals surface area (Å²) in [5.74, 6) is -0.297. The van der Waals surface area contributed by atoms with Crippen LogP contribution in [0.2, 0.25) is 0 Å². The van der Waals surface area contributed by atoms with Crippen molar-refractivity contribution in [1.29, 1.82) is 5.41 Å². The van der Waals surface area contributed by atoms with E-state index < -0.39 is 6.07 Å². The molecule has 0 heterocycles. The molecular weight excluding hydrogens is 232 g/mol. The fraction of sp³-hybridized carbons (Fsp3) is 0. The smallest absolute Gasteiger partial charge is 0.404 e. The van der Waals surface area contributed by atoms with E-state index in [0.717, 1.165) is 0 Å². The topological polar surface area (TPSA) is 50.1 Å². The molecule has 0 fully saturated rings. The van der Waals surface area contributed by atoms with Gasteiger partial charge in [0, 0.05) is 28.0 Å². The van der Waals surface area contributed by atoms with E-state index in [1.54, 1.807) is 30.3 Å². The van der Waals surface area contributed by atoms with Crippen LogP contribution in [-0.2, 0) is 9.09 Å². The minimum Gasteiger partial charge on any atom is -0.404 e. The molecule has 70 valence electrons. The van der Waals surface area contributed by atoms with Gasteiger partial charge in [0.15, 0.2) is 0 Å². The third kappa shape index (κ3) is 3.81. The van der Waals surface area contributed by atoms with Crippen LogP contribution in [0.4, 0.5) is 0 Å². The van der Waals surface area contributed by atoms with Gasteiger partial charge in [-0.15, -0.1) is 0 Å². The lowest BCUT2D eigenvalue weighted by molar-refractivity contribution is 0.508. The van der Waals surface area contributed by atoms with Crippen molar-refractivity contribution in [2.45, 2.75) is 0 Å². The van der Waals surface area contributed by atoms with Crippen molar-refractivity contribution in [2.75, 3.05) is 0 Å². The lowest BCUT2D eigenvalue weighted by atomic mass is 10.2. The molecule has 0 aromatic heterocycles. The van der Waals surface area contributed by atoms with Gasteiger partial charge in [0.25, 0.3) is 0 Å². The van der Waals surface area contributed by atoms with Crippen LogP contribution in [-0.4, -0.2) is 5.90 Å². The van der Waals surface area contributed by atoms with E-state index in [1.807, 2.05) is 0 Å². The maximum Gasteiger partial charge on any atom is 0.429 e. The van der Waals surface area contributed by atoms with Crippen molar-refractivity contribution in [3.63, 3.8) is 0 Å². The Balaban J connectivity index is 2.76. The van der Waals surface area contributed by atoms with Crippen molar-refractivity contribution in [2.24, 2.45) is 0 Å². The normalized spacial score (nSPS) is 10.9. The number of nitrogens with one attached hydrogen (secondary N) is 1. The van der Waals surface area contributed by atoms with Crippen LogP contribution in [0.25, 0.3) is 0 Å². The summed E-state index contributed by atoms with van der Waals surface area (Å²) in [5.41, 5.74) is 0.476. The molecule has 1 aromatic carbocycles. The molecule has 6 heteroatoms. The van der Waals surface area contributed by atoms with Crippen LogP contribution in [0.15, 0.2) is 30.3 Å². The van der Waals surface area contributed by atoms with Gasteiger partial charge in [0.1, 0.15) is 0 Å². The highest BCUT2D eigenvalue weighted by Crippen LogP contribution is 2.57. The minimum atomic E-state index is -3.67. The van der Waals surface area contributed by atoms with Crippen LogP contribution in [0, 0.1) is 5.41 Å². The largest absolute Gasteiger partial charge is 0.429 e. The number of halogens is 2. The van der Waals surface area contributed by atoms with Gasteiger partial charge >= 0.3 is 6.07 Å². The summed E-state index contributed by atoms with van der Waals surface area (Å²) >= 11 is 10.3. The lowest BCUT2D eigenvalue weighted by Crippen LogP contribution is -1.99. The average molecular weight is 238 g/mol. The van der Waals surface area contributed by atoms with E-state index in [4.69, 9.17) is 27.9 Å². The summed E-state index contributed by atoms with van der Waals surface area (Å²) < 4.78 is 15.3. The average Bonchev–Trinajstić information content (AvgIpc) is 2.03. The van der Waals surface area contributed by atoms with Crippen molar-refractivity contribution in [3.8, 4) is 0 Å². The Kier molecular flexibility index (Phi) is 3.37. The van der Waals surface area contributed by atoms with Gasteiger partial charge in [-0.2, -0.15) is 0 Å². The van der Waals surface area contributed by atoms with Crippen molar-refractivity contribution >= 4 is 34.5 Å². The van der Waals surface area contributed by atoms with Crippen LogP contribution >= 0.6 is 28.6 Å². The van der Waals surface area contributed by atoms with Crippen LogP contribution in [0.1, 0.15) is 5.56 Å². The third-order valence-corrected chi connectivity index (χ3v) is 2.04. The molecule has 3 nitrogen and oxygen atoms in total. The molecule has 0 saturated heterocycles. The van der Waals surface area contributed by atoms with Crippen molar-refractivity contribution in [3.05, 3.63) is 35.9 Å². The van der Waals surface area contributed by atoms with E-state index in [0.29, 0.717) is 5.56 Å². The summed E-state index contributed by atoms with van der Waals surface area (Å²) in [6, 6.07) is 8.50. The van der Waals surface area contributed by atoms with Gasteiger partial charge in [-0.3, -0.25) is 5.41 Å². The molecule has 0 aliphatic heterocycles. The summed E-state index contributed by atoms with van der Waals surface area (Å²) in [6.07, 6.45) is -3.67. The lowest BCUT2D eigenvalue weighted by Gasteiger charge is -2.06. The quantitative estimate of drug-likeness (QED) is 0.486. The van der Waals surface area contributed by atoms with E-state index >= 15 is 0 Å². The standard InChI is InChI=1S/C7H6Cl2NO2P/c8-13(9,11)12-7(10)6-4-2-1-3-5-6/h1-5,10H. The van der Waals surface area contributed by atoms with Gasteiger partial charge in [-0.25, -0.2) is 4.57 Å². The first kappa shape index (κ1) is 10.6. The van der Waals surface area contributed by atoms with E-state index in [-0.39, 0.29) is 5.90 Å². The van der Waals surface area contributed by atoms with Crippen LogP contribution in [0.5, 0.6) is 0 Å². The summed E-state index contributed by atoms with van der Waals surface area (Å²) in [6.45, 7) is 0. The highest BCUT2D eigenvalue weighted by molar-refractivity contribution is 8.05. The van der Waals surface area contributed by atoms with Crippen LogP contribution in [0.3, 0.4) is 0 Å². The number of benzene rings is 1. The molecule has 0 aliphatic rings. The molecule has 0 aliphatic carbocycles. The van der Waals surface area contributed by atoms with Gasteiger partial charge in [0.2, 0.25) is 5.90 Å². The van der Waals surface area contributed by atoms with Gasteiger partial charge in [-0.1, -0.05) is 18.2 Å². The zero-order chi connectivity index (χ0) is 9.90. The molecule has 1 rings (SSSR count). The Bertz CT molecular complexity index is 349. The fourth-order valence-electron chi connectivity index (χ4n) is 0.749. The Hall–Kier alpha value is -0.500. The summed E-state index contributed by atoms with van der Waals surface area (Å²) in [5, 5.41) is 7.32.